The van der Waals surface area contributed by atoms with Crippen LogP contribution in [0.5, 0.6) is 0 Å². The number of aromatic nitrogens is 1. The summed E-state index contributed by atoms with van der Waals surface area (Å²) in [6.45, 7) is 0. The summed E-state index contributed by atoms with van der Waals surface area (Å²) in [6.07, 6.45) is 2.04. The number of anilines is 2. The van der Waals surface area contributed by atoms with Gasteiger partial charge in [0.1, 0.15) is 17.6 Å². The van der Waals surface area contributed by atoms with Crippen LogP contribution in [0.2, 0.25) is 0 Å². The smallest absolute Gasteiger partial charge is 0.142 e. The number of rotatable bonds is 3. The van der Waals surface area contributed by atoms with Gasteiger partial charge in [-0.05, 0) is 36.6 Å². The number of nitriles is 1. The van der Waals surface area contributed by atoms with Crippen LogP contribution in [0.3, 0.4) is 0 Å². The molecule has 1 aromatic carbocycles. The second-order valence-corrected chi connectivity index (χ2v) is 4.26. The zero-order chi connectivity index (χ0) is 12.1. The topological polar surface area (TPSA) is 48.7 Å². The van der Waals surface area contributed by atoms with Gasteiger partial charge in [-0.25, -0.2) is 4.98 Å². The summed E-state index contributed by atoms with van der Waals surface area (Å²) < 4.78 is 0. The number of benzene rings is 1. The molecule has 0 radical (unpaired) electrons. The molecular weight excluding hydrogens is 230 g/mol. The minimum atomic E-state index is 0.413. The zero-order valence-corrected chi connectivity index (χ0v) is 10.2. The lowest BCUT2D eigenvalue weighted by Crippen LogP contribution is -1.94. The number of pyridine rings is 1. The molecule has 0 fully saturated rings. The summed E-state index contributed by atoms with van der Waals surface area (Å²) in [4.78, 5) is 5.35. The van der Waals surface area contributed by atoms with Crippen molar-refractivity contribution in [1.82, 2.24) is 4.98 Å². The molecule has 0 aliphatic heterocycles. The molecule has 0 saturated carbocycles. The van der Waals surface area contributed by atoms with Crippen molar-refractivity contribution in [2.45, 2.75) is 4.90 Å². The molecule has 3 nitrogen and oxygen atoms in total. The average molecular weight is 241 g/mol. The van der Waals surface area contributed by atoms with Crippen molar-refractivity contribution in [3.05, 3.63) is 48.2 Å². The minimum Gasteiger partial charge on any atom is -0.340 e. The van der Waals surface area contributed by atoms with Crippen molar-refractivity contribution < 1.29 is 0 Å². The average Bonchev–Trinajstić information content (AvgIpc) is 2.39. The summed E-state index contributed by atoms with van der Waals surface area (Å²) in [5.74, 6) is 0.683. The Labute approximate surface area is 105 Å². The quantitative estimate of drug-likeness (QED) is 0.836. The van der Waals surface area contributed by atoms with Crippen LogP contribution in [0.1, 0.15) is 5.69 Å². The van der Waals surface area contributed by atoms with E-state index in [-0.39, 0.29) is 0 Å². The predicted octanol–water partition coefficient (Wildman–Crippen LogP) is 3.42. The monoisotopic (exact) mass is 241 g/mol. The Hall–Kier alpha value is -1.99. The molecular formula is C13H11N3S. The van der Waals surface area contributed by atoms with Crippen LogP contribution in [0.25, 0.3) is 0 Å². The SMILES string of the molecule is CSc1cccc(Nc2cccc(C#N)n2)c1. The van der Waals surface area contributed by atoms with Crippen molar-refractivity contribution in [3.8, 4) is 6.07 Å². The maximum Gasteiger partial charge on any atom is 0.142 e. The lowest BCUT2D eigenvalue weighted by Gasteiger charge is -2.06. The maximum absolute atomic E-state index is 8.77. The van der Waals surface area contributed by atoms with Crippen LogP contribution in [-0.2, 0) is 0 Å². The van der Waals surface area contributed by atoms with Crippen LogP contribution < -0.4 is 5.32 Å². The van der Waals surface area contributed by atoms with Gasteiger partial charge >= 0.3 is 0 Å². The first-order valence-electron chi connectivity index (χ1n) is 5.10. The number of hydrogen-bond acceptors (Lipinski definition) is 4. The summed E-state index contributed by atoms with van der Waals surface area (Å²) in [5, 5.41) is 11.9. The van der Waals surface area contributed by atoms with Crippen LogP contribution in [0, 0.1) is 11.3 Å². The largest absolute Gasteiger partial charge is 0.340 e. The first-order valence-corrected chi connectivity index (χ1v) is 6.32. The number of hydrogen-bond donors (Lipinski definition) is 1. The van der Waals surface area contributed by atoms with Crippen LogP contribution in [-0.4, -0.2) is 11.2 Å². The van der Waals surface area contributed by atoms with Crippen LogP contribution in [0.4, 0.5) is 11.5 Å². The molecule has 84 valence electrons. The fraction of sp³-hybridized carbons (Fsp3) is 0.0769. The molecule has 1 heterocycles. The lowest BCUT2D eigenvalue weighted by molar-refractivity contribution is 1.25. The predicted molar refractivity (Wildman–Crippen MR) is 70.5 cm³/mol. The van der Waals surface area contributed by atoms with Crippen LogP contribution >= 0.6 is 11.8 Å². The molecule has 0 unspecified atom stereocenters. The van der Waals surface area contributed by atoms with Crippen molar-refractivity contribution in [3.63, 3.8) is 0 Å². The molecule has 2 rings (SSSR count). The molecule has 0 aliphatic carbocycles. The van der Waals surface area contributed by atoms with E-state index < -0.39 is 0 Å². The Morgan fingerprint density at radius 1 is 1.24 bits per heavy atom. The highest BCUT2D eigenvalue weighted by atomic mass is 32.2. The summed E-state index contributed by atoms with van der Waals surface area (Å²) in [7, 11) is 0. The maximum atomic E-state index is 8.77. The van der Waals surface area contributed by atoms with Gasteiger partial charge in [-0.2, -0.15) is 5.26 Å². The van der Waals surface area contributed by atoms with Gasteiger partial charge in [0.25, 0.3) is 0 Å². The van der Waals surface area contributed by atoms with Crippen molar-refractivity contribution in [2.75, 3.05) is 11.6 Å². The molecule has 17 heavy (non-hydrogen) atoms. The first kappa shape index (κ1) is 11.5. The van der Waals surface area contributed by atoms with Crippen molar-refractivity contribution in [1.29, 1.82) is 5.26 Å². The van der Waals surface area contributed by atoms with E-state index in [1.807, 2.05) is 42.7 Å². The molecule has 1 N–H and O–H groups in total. The molecule has 2 aromatic rings. The molecule has 0 atom stereocenters. The zero-order valence-electron chi connectivity index (χ0n) is 9.34. The second kappa shape index (κ2) is 5.37. The van der Waals surface area contributed by atoms with Gasteiger partial charge in [0.15, 0.2) is 0 Å². The summed E-state index contributed by atoms with van der Waals surface area (Å²) >= 11 is 1.69. The number of nitrogens with zero attached hydrogens (tertiary/aromatic N) is 2. The van der Waals surface area contributed by atoms with Crippen molar-refractivity contribution in [2.24, 2.45) is 0 Å². The third-order valence-corrected chi connectivity index (χ3v) is 2.93. The van der Waals surface area contributed by atoms with Gasteiger partial charge in [0.2, 0.25) is 0 Å². The van der Waals surface area contributed by atoms with Gasteiger partial charge < -0.3 is 5.32 Å². The van der Waals surface area contributed by atoms with E-state index in [0.29, 0.717) is 11.5 Å². The number of nitrogens with one attached hydrogen (secondary N) is 1. The third kappa shape index (κ3) is 2.99. The van der Waals surface area contributed by atoms with Crippen LogP contribution in [0.15, 0.2) is 47.4 Å². The Bertz CT molecular complexity index is 561. The summed E-state index contributed by atoms with van der Waals surface area (Å²) in [5.41, 5.74) is 1.38. The molecule has 0 spiro atoms. The van der Waals surface area contributed by atoms with Gasteiger partial charge in [-0.3, -0.25) is 0 Å². The first-order chi connectivity index (χ1) is 8.31. The normalized spacial score (nSPS) is 9.65. The summed E-state index contributed by atoms with van der Waals surface area (Å²) in [6, 6.07) is 15.4. The molecule has 0 bridgehead atoms. The molecule has 0 saturated heterocycles. The van der Waals surface area contributed by atoms with Gasteiger partial charge in [-0.1, -0.05) is 12.1 Å². The molecule has 0 aliphatic rings. The Kier molecular flexibility index (Phi) is 3.63. The van der Waals surface area contributed by atoms with E-state index >= 15 is 0 Å². The molecule has 4 heteroatoms. The highest BCUT2D eigenvalue weighted by Gasteiger charge is 1.98. The minimum absolute atomic E-state index is 0.413. The highest BCUT2D eigenvalue weighted by Crippen LogP contribution is 2.21. The second-order valence-electron chi connectivity index (χ2n) is 3.38. The highest BCUT2D eigenvalue weighted by molar-refractivity contribution is 7.98. The number of thioether (sulfide) groups is 1. The third-order valence-electron chi connectivity index (χ3n) is 2.21. The van der Waals surface area contributed by atoms with E-state index in [1.54, 1.807) is 17.8 Å². The van der Waals surface area contributed by atoms with E-state index in [4.69, 9.17) is 5.26 Å². The van der Waals surface area contributed by atoms with E-state index in [9.17, 15) is 0 Å². The fourth-order valence-electron chi connectivity index (χ4n) is 1.42. The fourth-order valence-corrected chi connectivity index (χ4v) is 1.87. The van der Waals surface area contributed by atoms with Gasteiger partial charge in [0.05, 0.1) is 0 Å². The van der Waals surface area contributed by atoms with E-state index in [1.165, 1.54) is 4.90 Å². The standard InChI is InChI=1S/C13H11N3S/c1-17-12-6-2-4-10(8-12)15-13-7-3-5-11(9-14)16-13/h2-8H,1H3,(H,15,16). The van der Waals surface area contributed by atoms with Crippen molar-refractivity contribution >= 4 is 23.3 Å². The Morgan fingerprint density at radius 3 is 2.82 bits per heavy atom. The Balaban J connectivity index is 2.22. The van der Waals surface area contributed by atoms with E-state index in [0.717, 1.165) is 5.69 Å². The lowest BCUT2D eigenvalue weighted by atomic mass is 10.3. The Morgan fingerprint density at radius 2 is 2.06 bits per heavy atom. The molecule has 1 aromatic heterocycles. The molecule has 0 amide bonds. The van der Waals surface area contributed by atoms with Gasteiger partial charge in [0, 0.05) is 10.6 Å². The van der Waals surface area contributed by atoms with Gasteiger partial charge in [-0.15, -0.1) is 11.8 Å². The van der Waals surface area contributed by atoms with E-state index in [2.05, 4.69) is 16.4 Å².